The minimum absolute atomic E-state index is 0.356. The van der Waals surface area contributed by atoms with Crippen molar-refractivity contribution in [3.05, 3.63) is 29.8 Å². The van der Waals surface area contributed by atoms with Crippen LogP contribution in [0.1, 0.15) is 38.4 Å². The van der Waals surface area contributed by atoms with E-state index in [1.165, 1.54) is 16.3 Å². The van der Waals surface area contributed by atoms with E-state index in [0.717, 1.165) is 30.8 Å². The van der Waals surface area contributed by atoms with Crippen molar-refractivity contribution in [1.29, 1.82) is 0 Å². The predicted molar refractivity (Wildman–Crippen MR) is 75.7 cm³/mol. The molecule has 0 saturated carbocycles. The van der Waals surface area contributed by atoms with Crippen molar-refractivity contribution >= 4 is 10.2 Å². The smallest absolute Gasteiger partial charge is 0.119 e. The van der Waals surface area contributed by atoms with E-state index < -0.39 is 0 Å². The van der Waals surface area contributed by atoms with Crippen LogP contribution in [-0.2, 0) is 0 Å². The van der Waals surface area contributed by atoms with Gasteiger partial charge in [0.15, 0.2) is 0 Å². The molecule has 2 nitrogen and oxygen atoms in total. The van der Waals surface area contributed by atoms with Gasteiger partial charge in [0, 0.05) is 10.2 Å². The van der Waals surface area contributed by atoms with Crippen molar-refractivity contribution in [1.82, 2.24) is 0 Å². The maximum atomic E-state index is 9.96. The monoisotopic (exact) mass is 252 g/mol. The Hall–Kier alpha value is -0.803. The zero-order valence-corrected chi connectivity index (χ0v) is 13.1. The zero-order chi connectivity index (χ0) is 12.7. The Labute approximate surface area is 107 Å². The van der Waals surface area contributed by atoms with Crippen molar-refractivity contribution in [3.8, 4) is 5.75 Å². The van der Waals surface area contributed by atoms with Gasteiger partial charge >= 0.3 is 0 Å². The van der Waals surface area contributed by atoms with E-state index in [-0.39, 0.29) is 6.10 Å². The lowest BCUT2D eigenvalue weighted by Gasteiger charge is -2.14. The van der Waals surface area contributed by atoms with E-state index >= 15 is 0 Å². The maximum Gasteiger partial charge on any atom is 0.119 e. The van der Waals surface area contributed by atoms with Crippen molar-refractivity contribution in [2.75, 3.05) is 6.61 Å². The van der Waals surface area contributed by atoms with Crippen molar-refractivity contribution in [3.63, 3.8) is 0 Å². The molecule has 3 heteroatoms. The third-order valence-electron chi connectivity index (χ3n) is 2.73. The van der Waals surface area contributed by atoms with Crippen LogP contribution in [0.3, 0.4) is 0 Å². The Kier molecular flexibility index (Phi) is 6.30. The quantitative estimate of drug-likeness (QED) is 0.596. The second kappa shape index (κ2) is 7.51. The van der Waals surface area contributed by atoms with Gasteiger partial charge in [-0.2, -0.15) is 0 Å². The maximum absolute atomic E-state index is 9.96. The summed E-state index contributed by atoms with van der Waals surface area (Å²) in [6, 6.07) is 9.11. The van der Waals surface area contributed by atoms with Crippen molar-refractivity contribution < 1.29 is 9.84 Å². The Bertz CT molecular complexity index is 309. The average molecular weight is 252 g/mol. The highest BCUT2D eigenvalue weighted by atomic mass is 28.1. The van der Waals surface area contributed by atoms with Crippen LogP contribution in [0.2, 0.25) is 6.04 Å². The first-order chi connectivity index (χ1) is 8.13. The molecule has 0 aliphatic rings. The van der Waals surface area contributed by atoms with Gasteiger partial charge in [-0.1, -0.05) is 32.0 Å². The Morgan fingerprint density at radius 3 is 2.41 bits per heavy atom. The van der Waals surface area contributed by atoms with Crippen LogP contribution in [-0.4, -0.2) is 22.0 Å². The van der Waals surface area contributed by atoms with Gasteiger partial charge in [0.2, 0.25) is 0 Å². The van der Waals surface area contributed by atoms with E-state index in [9.17, 15) is 5.11 Å². The molecule has 0 fully saturated rings. The molecular formula is C14H24O2Si. The molecule has 17 heavy (non-hydrogen) atoms. The number of hydrogen-bond donors (Lipinski definition) is 1. The molecule has 0 saturated heterocycles. The summed E-state index contributed by atoms with van der Waals surface area (Å²) in [4.78, 5) is 0. The van der Waals surface area contributed by atoms with Gasteiger partial charge in [0.25, 0.3) is 0 Å². The van der Waals surface area contributed by atoms with Crippen LogP contribution >= 0.6 is 0 Å². The number of rotatable bonds is 7. The summed E-state index contributed by atoms with van der Waals surface area (Å²) in [5.74, 6) is 1.41. The third-order valence-corrected chi connectivity index (χ3v) is 3.43. The Morgan fingerprint density at radius 2 is 1.88 bits per heavy atom. The molecule has 1 atom stereocenters. The molecule has 1 aromatic carbocycles. The van der Waals surface area contributed by atoms with E-state index in [1.807, 2.05) is 24.3 Å². The molecule has 0 amide bonds. The van der Waals surface area contributed by atoms with Gasteiger partial charge in [-0.15, -0.1) is 0 Å². The number of ether oxygens (including phenoxy) is 1. The summed E-state index contributed by atoms with van der Waals surface area (Å²) in [5.41, 5.74) is 0.981. The first kappa shape index (κ1) is 14.3. The molecule has 0 aliphatic carbocycles. The molecule has 0 heterocycles. The molecular weight excluding hydrogens is 228 g/mol. The zero-order valence-electron chi connectivity index (χ0n) is 11.1. The fourth-order valence-electron chi connectivity index (χ4n) is 1.70. The highest BCUT2D eigenvalue weighted by Crippen LogP contribution is 2.23. The Balaban J connectivity index is 2.49. The topological polar surface area (TPSA) is 29.5 Å². The second-order valence-corrected chi connectivity index (χ2v) is 5.92. The minimum Gasteiger partial charge on any atom is -0.494 e. The molecule has 1 aromatic rings. The van der Waals surface area contributed by atoms with Crippen LogP contribution in [0.4, 0.5) is 0 Å². The summed E-state index contributed by atoms with van der Waals surface area (Å²) >= 11 is 0. The van der Waals surface area contributed by atoms with Crippen LogP contribution in [0.5, 0.6) is 5.75 Å². The fraction of sp³-hybridized carbons (Fsp3) is 0.571. The van der Waals surface area contributed by atoms with Crippen LogP contribution < -0.4 is 4.74 Å². The van der Waals surface area contributed by atoms with Crippen LogP contribution in [0.15, 0.2) is 24.3 Å². The van der Waals surface area contributed by atoms with Crippen LogP contribution in [0.25, 0.3) is 0 Å². The predicted octanol–water partition coefficient (Wildman–Crippen LogP) is 2.32. The third kappa shape index (κ3) is 5.37. The molecule has 0 aliphatic heterocycles. The summed E-state index contributed by atoms with van der Waals surface area (Å²) in [5, 5.41) is 9.96. The molecule has 96 valence electrons. The van der Waals surface area contributed by atoms with Gasteiger partial charge in [-0.25, -0.2) is 0 Å². The largest absolute Gasteiger partial charge is 0.494 e. The minimum atomic E-state index is -0.356. The summed E-state index contributed by atoms with van der Waals surface area (Å²) in [6.07, 6.45) is 1.59. The van der Waals surface area contributed by atoms with Crippen molar-refractivity contribution in [2.45, 2.75) is 38.8 Å². The summed E-state index contributed by atoms with van der Waals surface area (Å²) in [7, 11) is 1.25. The van der Waals surface area contributed by atoms with Gasteiger partial charge in [-0.3, -0.25) is 0 Å². The number of benzene rings is 1. The normalized spacial score (nSPS) is 12.9. The lowest BCUT2D eigenvalue weighted by atomic mass is 10.00. The number of aliphatic hydroxyl groups excluding tert-OH is 1. The van der Waals surface area contributed by atoms with Crippen LogP contribution in [0, 0.1) is 5.92 Å². The fourth-order valence-corrected chi connectivity index (χ4v) is 1.99. The second-order valence-electron chi connectivity index (χ2n) is 4.92. The molecule has 0 bridgehead atoms. The first-order valence-electron chi connectivity index (χ1n) is 6.54. The van der Waals surface area contributed by atoms with E-state index in [1.54, 1.807) is 0 Å². The van der Waals surface area contributed by atoms with Gasteiger partial charge in [0.05, 0.1) is 12.7 Å². The molecule has 0 aromatic heterocycles. The first-order valence-corrected chi connectivity index (χ1v) is 7.95. The SMILES string of the molecule is CC(C)CC(O)c1ccc(OCCC[SiH3])cc1. The van der Waals surface area contributed by atoms with E-state index in [0.29, 0.717) is 5.92 Å². The molecule has 1 rings (SSSR count). The van der Waals surface area contributed by atoms with Crippen molar-refractivity contribution in [2.24, 2.45) is 5.92 Å². The molecule has 1 N–H and O–H groups in total. The lowest BCUT2D eigenvalue weighted by molar-refractivity contribution is 0.151. The average Bonchev–Trinajstić information content (AvgIpc) is 2.29. The molecule has 1 unspecified atom stereocenters. The number of hydrogen-bond acceptors (Lipinski definition) is 2. The van der Waals surface area contributed by atoms with E-state index in [4.69, 9.17) is 4.74 Å². The summed E-state index contributed by atoms with van der Waals surface area (Å²) in [6.45, 7) is 5.04. The summed E-state index contributed by atoms with van der Waals surface area (Å²) < 4.78 is 5.60. The van der Waals surface area contributed by atoms with E-state index in [2.05, 4.69) is 13.8 Å². The highest BCUT2D eigenvalue weighted by molar-refractivity contribution is 6.08. The number of aliphatic hydroxyl groups is 1. The highest BCUT2D eigenvalue weighted by Gasteiger charge is 2.09. The molecule has 0 radical (unpaired) electrons. The molecule has 0 spiro atoms. The Morgan fingerprint density at radius 1 is 1.24 bits per heavy atom. The standard InChI is InChI=1S/C14H24O2Si/c1-11(2)10-14(15)12-4-6-13(7-5-12)16-8-3-9-17/h4-7,11,14-15H,3,8-10H2,1-2,17H3. The van der Waals surface area contributed by atoms with Gasteiger partial charge in [-0.05, 0) is 36.5 Å². The van der Waals surface area contributed by atoms with Gasteiger partial charge in [0.1, 0.15) is 5.75 Å². The van der Waals surface area contributed by atoms with Gasteiger partial charge < -0.3 is 9.84 Å². The lowest BCUT2D eigenvalue weighted by Crippen LogP contribution is -2.02.